The first-order valence-electron chi connectivity index (χ1n) is 3.60. The van der Waals surface area contributed by atoms with Gasteiger partial charge in [0.15, 0.2) is 0 Å². The molecule has 4 heteroatoms. The number of nitrogens with zero attached hydrogens (tertiary/aromatic N) is 1. The van der Waals surface area contributed by atoms with E-state index in [1.54, 1.807) is 19.2 Å². The van der Waals surface area contributed by atoms with Crippen molar-refractivity contribution in [1.29, 1.82) is 0 Å². The zero-order valence-corrected chi connectivity index (χ0v) is 8.10. The van der Waals surface area contributed by atoms with Crippen molar-refractivity contribution in [1.82, 2.24) is 5.32 Å². The standard InChI is InChI=1S/C8H14ClN3/c1-11-6-7(3-4-10)5-8(9)12-2/h3-5,11H,6,10H2,1-2H3/b4-3+,7-5+,12-8?. The van der Waals surface area contributed by atoms with Crippen LogP contribution in [-0.4, -0.2) is 25.8 Å². The molecule has 0 atom stereocenters. The quantitative estimate of drug-likeness (QED) is 0.507. The van der Waals surface area contributed by atoms with Crippen molar-refractivity contribution < 1.29 is 0 Å². The average Bonchev–Trinajstić information content (AvgIpc) is 2.05. The van der Waals surface area contributed by atoms with Crippen molar-refractivity contribution in [3.63, 3.8) is 0 Å². The number of nitrogens with two attached hydrogens (primary N) is 1. The Morgan fingerprint density at radius 3 is 2.75 bits per heavy atom. The number of rotatable bonds is 4. The zero-order chi connectivity index (χ0) is 9.40. The van der Waals surface area contributed by atoms with E-state index in [0.717, 1.165) is 12.1 Å². The summed E-state index contributed by atoms with van der Waals surface area (Å²) >= 11 is 5.70. The summed E-state index contributed by atoms with van der Waals surface area (Å²) in [7, 11) is 3.50. The lowest BCUT2D eigenvalue weighted by molar-refractivity contribution is 0.896. The molecule has 3 nitrogen and oxygen atoms in total. The van der Waals surface area contributed by atoms with Gasteiger partial charge in [0, 0.05) is 13.6 Å². The fraction of sp³-hybridized carbons (Fsp3) is 0.375. The lowest BCUT2D eigenvalue weighted by Crippen LogP contribution is -2.10. The zero-order valence-electron chi connectivity index (χ0n) is 7.34. The van der Waals surface area contributed by atoms with Crippen molar-refractivity contribution in [2.45, 2.75) is 0 Å². The molecule has 0 bridgehead atoms. The maximum absolute atomic E-state index is 5.70. The number of halogens is 1. The Balaban J connectivity index is 4.37. The minimum absolute atomic E-state index is 0.471. The Kier molecular flexibility index (Phi) is 6.42. The van der Waals surface area contributed by atoms with Gasteiger partial charge in [0.25, 0.3) is 0 Å². The van der Waals surface area contributed by atoms with E-state index in [-0.39, 0.29) is 0 Å². The van der Waals surface area contributed by atoms with E-state index >= 15 is 0 Å². The van der Waals surface area contributed by atoms with Gasteiger partial charge in [-0.3, -0.25) is 4.99 Å². The lowest BCUT2D eigenvalue weighted by atomic mass is 10.2. The molecule has 0 aliphatic carbocycles. The third kappa shape index (κ3) is 4.93. The highest BCUT2D eigenvalue weighted by Crippen LogP contribution is 1.98. The topological polar surface area (TPSA) is 50.4 Å². The average molecular weight is 188 g/mol. The first-order chi connectivity index (χ1) is 5.74. The van der Waals surface area contributed by atoms with Gasteiger partial charge in [-0.1, -0.05) is 11.6 Å². The van der Waals surface area contributed by atoms with Crippen LogP contribution in [-0.2, 0) is 0 Å². The predicted octanol–water partition coefficient (Wildman–Crippen LogP) is 0.872. The van der Waals surface area contributed by atoms with Crippen LogP contribution < -0.4 is 11.1 Å². The number of nitrogens with one attached hydrogen (secondary N) is 1. The molecule has 12 heavy (non-hydrogen) atoms. The molecule has 0 radical (unpaired) electrons. The number of hydrogen-bond donors (Lipinski definition) is 2. The van der Waals surface area contributed by atoms with Gasteiger partial charge in [-0.2, -0.15) is 0 Å². The predicted molar refractivity (Wildman–Crippen MR) is 54.5 cm³/mol. The van der Waals surface area contributed by atoms with E-state index < -0.39 is 0 Å². The van der Waals surface area contributed by atoms with Crippen LogP contribution in [0.15, 0.2) is 28.9 Å². The highest BCUT2D eigenvalue weighted by Gasteiger charge is 1.92. The van der Waals surface area contributed by atoms with Gasteiger partial charge in [0.2, 0.25) is 0 Å². The highest BCUT2D eigenvalue weighted by molar-refractivity contribution is 6.68. The van der Waals surface area contributed by atoms with Gasteiger partial charge in [-0.25, -0.2) is 0 Å². The Morgan fingerprint density at radius 1 is 1.67 bits per heavy atom. The third-order valence-electron chi connectivity index (χ3n) is 1.21. The Labute approximate surface area is 78.0 Å². The van der Waals surface area contributed by atoms with E-state index in [4.69, 9.17) is 17.3 Å². The molecule has 0 aromatic rings. The van der Waals surface area contributed by atoms with Crippen LogP contribution in [0.25, 0.3) is 0 Å². The van der Waals surface area contributed by atoms with Crippen molar-refractivity contribution in [2.24, 2.45) is 10.7 Å². The normalized spacial score (nSPS) is 14.2. The Morgan fingerprint density at radius 2 is 2.33 bits per heavy atom. The molecule has 0 fully saturated rings. The van der Waals surface area contributed by atoms with E-state index in [9.17, 15) is 0 Å². The van der Waals surface area contributed by atoms with Gasteiger partial charge in [0.05, 0.1) is 0 Å². The van der Waals surface area contributed by atoms with E-state index in [0.29, 0.717) is 5.17 Å². The van der Waals surface area contributed by atoms with Crippen molar-refractivity contribution in [3.05, 3.63) is 23.9 Å². The molecule has 0 saturated carbocycles. The van der Waals surface area contributed by atoms with E-state index in [1.165, 1.54) is 6.20 Å². The first-order valence-corrected chi connectivity index (χ1v) is 3.98. The number of aliphatic imine (C=N–C) groups is 1. The minimum atomic E-state index is 0.471. The van der Waals surface area contributed by atoms with Crippen molar-refractivity contribution in [2.75, 3.05) is 20.6 Å². The monoisotopic (exact) mass is 187 g/mol. The molecule has 0 aromatic carbocycles. The Bertz CT molecular complexity index is 206. The maximum Gasteiger partial charge on any atom is 0.123 e. The minimum Gasteiger partial charge on any atom is -0.405 e. The number of hydrogen-bond acceptors (Lipinski definition) is 3. The molecular formula is C8H14ClN3. The van der Waals surface area contributed by atoms with Gasteiger partial charge in [-0.15, -0.1) is 0 Å². The van der Waals surface area contributed by atoms with E-state index in [2.05, 4.69) is 10.3 Å². The van der Waals surface area contributed by atoms with Gasteiger partial charge in [0.1, 0.15) is 5.17 Å². The fourth-order valence-corrected chi connectivity index (χ4v) is 0.843. The highest BCUT2D eigenvalue weighted by atomic mass is 35.5. The van der Waals surface area contributed by atoms with Crippen LogP contribution in [0.2, 0.25) is 0 Å². The molecule has 0 spiro atoms. The lowest BCUT2D eigenvalue weighted by Gasteiger charge is -1.98. The second-order valence-electron chi connectivity index (χ2n) is 2.16. The second kappa shape index (κ2) is 6.88. The molecule has 0 amide bonds. The fourth-order valence-electron chi connectivity index (χ4n) is 0.703. The number of allylic oxidation sites excluding steroid dienone is 1. The first kappa shape index (κ1) is 11.2. The SMILES string of the molecule is CN=C(Cl)/C=C(\C=C\N)CNC. The number of likely N-dealkylation sites (N-methyl/N-ethyl adjacent to an activating group) is 1. The summed E-state index contributed by atoms with van der Waals surface area (Å²) in [6, 6.07) is 0. The molecule has 68 valence electrons. The summed E-state index contributed by atoms with van der Waals surface area (Å²) in [6.07, 6.45) is 5.02. The largest absolute Gasteiger partial charge is 0.405 e. The molecule has 0 rings (SSSR count). The van der Waals surface area contributed by atoms with Crippen LogP contribution in [0.5, 0.6) is 0 Å². The van der Waals surface area contributed by atoms with Gasteiger partial charge < -0.3 is 11.1 Å². The van der Waals surface area contributed by atoms with Crippen LogP contribution in [0.4, 0.5) is 0 Å². The molecule has 0 aromatic heterocycles. The molecule has 0 aliphatic heterocycles. The molecule has 0 heterocycles. The summed E-state index contributed by atoms with van der Waals surface area (Å²) < 4.78 is 0. The summed E-state index contributed by atoms with van der Waals surface area (Å²) in [6.45, 7) is 0.722. The molecule has 3 N–H and O–H groups in total. The summed E-state index contributed by atoms with van der Waals surface area (Å²) in [5, 5.41) is 3.46. The van der Waals surface area contributed by atoms with Crippen LogP contribution >= 0.6 is 11.6 Å². The Hall–Kier alpha value is -0.800. The van der Waals surface area contributed by atoms with Gasteiger partial charge in [-0.05, 0) is 31.0 Å². The molecular weight excluding hydrogens is 174 g/mol. The summed E-state index contributed by atoms with van der Waals surface area (Å²) in [5.74, 6) is 0. The van der Waals surface area contributed by atoms with Crippen LogP contribution in [0.3, 0.4) is 0 Å². The smallest absolute Gasteiger partial charge is 0.123 e. The van der Waals surface area contributed by atoms with Crippen molar-refractivity contribution >= 4 is 16.8 Å². The van der Waals surface area contributed by atoms with E-state index in [1.807, 2.05) is 7.05 Å². The van der Waals surface area contributed by atoms with Crippen LogP contribution in [0, 0.1) is 0 Å². The summed E-state index contributed by atoms with van der Waals surface area (Å²) in [5.41, 5.74) is 6.24. The van der Waals surface area contributed by atoms with Crippen LogP contribution in [0.1, 0.15) is 0 Å². The molecule has 0 aliphatic rings. The third-order valence-corrected chi connectivity index (χ3v) is 1.49. The second-order valence-corrected chi connectivity index (χ2v) is 2.54. The maximum atomic E-state index is 5.70. The molecule has 0 unspecified atom stereocenters. The molecule has 0 saturated heterocycles. The van der Waals surface area contributed by atoms with Gasteiger partial charge >= 0.3 is 0 Å². The van der Waals surface area contributed by atoms with Crippen molar-refractivity contribution in [3.8, 4) is 0 Å². The summed E-state index contributed by atoms with van der Waals surface area (Å²) in [4.78, 5) is 3.80.